The second-order valence-electron chi connectivity index (χ2n) is 3.93. The van der Waals surface area contributed by atoms with Crippen LogP contribution >= 0.6 is 11.6 Å². The van der Waals surface area contributed by atoms with E-state index in [1.54, 1.807) is 0 Å². The van der Waals surface area contributed by atoms with Crippen LogP contribution in [0.25, 0.3) is 0 Å². The standard InChI is InChI=1S/C12H16ClNO2/c13-10-3-1-2-9(6-10)7-12-15-8-11(16-12)4-5-14/h1-3,6,11-12H,4-5,7-8,14H2. The molecule has 1 aromatic carbocycles. The summed E-state index contributed by atoms with van der Waals surface area (Å²) >= 11 is 5.91. The van der Waals surface area contributed by atoms with Crippen LogP contribution < -0.4 is 5.73 Å². The highest BCUT2D eigenvalue weighted by Gasteiger charge is 2.25. The van der Waals surface area contributed by atoms with Gasteiger partial charge >= 0.3 is 0 Å². The first kappa shape index (κ1) is 11.9. The summed E-state index contributed by atoms with van der Waals surface area (Å²) in [5, 5.41) is 0.744. The van der Waals surface area contributed by atoms with Gasteiger partial charge in [-0.3, -0.25) is 0 Å². The molecule has 0 bridgehead atoms. The van der Waals surface area contributed by atoms with Crippen molar-refractivity contribution in [2.75, 3.05) is 13.2 Å². The summed E-state index contributed by atoms with van der Waals surface area (Å²) in [7, 11) is 0. The molecule has 2 atom stereocenters. The highest BCUT2D eigenvalue weighted by atomic mass is 35.5. The molecule has 1 aliphatic heterocycles. The Morgan fingerprint density at radius 2 is 2.31 bits per heavy atom. The molecule has 1 aromatic rings. The van der Waals surface area contributed by atoms with Crippen LogP contribution in [0.15, 0.2) is 24.3 Å². The fourth-order valence-corrected chi connectivity index (χ4v) is 2.02. The average Bonchev–Trinajstić information content (AvgIpc) is 2.66. The number of hydrogen-bond acceptors (Lipinski definition) is 3. The predicted molar refractivity (Wildman–Crippen MR) is 63.4 cm³/mol. The van der Waals surface area contributed by atoms with E-state index in [1.807, 2.05) is 24.3 Å². The van der Waals surface area contributed by atoms with E-state index in [9.17, 15) is 0 Å². The van der Waals surface area contributed by atoms with Crippen LogP contribution in [0.4, 0.5) is 0 Å². The van der Waals surface area contributed by atoms with Gasteiger partial charge in [-0.15, -0.1) is 0 Å². The molecule has 0 aliphatic carbocycles. The largest absolute Gasteiger partial charge is 0.350 e. The molecule has 4 heteroatoms. The van der Waals surface area contributed by atoms with Crippen LogP contribution in [0.1, 0.15) is 12.0 Å². The van der Waals surface area contributed by atoms with Crippen molar-refractivity contribution in [2.45, 2.75) is 25.2 Å². The Bertz CT molecular complexity index is 346. The lowest BCUT2D eigenvalue weighted by atomic mass is 10.1. The molecule has 1 fully saturated rings. The summed E-state index contributed by atoms with van der Waals surface area (Å²) < 4.78 is 11.2. The van der Waals surface area contributed by atoms with Crippen molar-refractivity contribution in [2.24, 2.45) is 5.73 Å². The van der Waals surface area contributed by atoms with Crippen LogP contribution in [0.5, 0.6) is 0 Å². The summed E-state index contributed by atoms with van der Waals surface area (Å²) in [6.45, 7) is 1.28. The first-order chi connectivity index (χ1) is 7.78. The summed E-state index contributed by atoms with van der Waals surface area (Å²) in [4.78, 5) is 0. The maximum absolute atomic E-state index is 5.91. The van der Waals surface area contributed by atoms with Gasteiger partial charge in [0, 0.05) is 11.4 Å². The van der Waals surface area contributed by atoms with Crippen molar-refractivity contribution >= 4 is 11.6 Å². The fraction of sp³-hybridized carbons (Fsp3) is 0.500. The minimum absolute atomic E-state index is 0.147. The Balaban J connectivity index is 1.87. The van der Waals surface area contributed by atoms with E-state index in [-0.39, 0.29) is 12.4 Å². The summed E-state index contributed by atoms with van der Waals surface area (Å²) in [5.41, 5.74) is 6.60. The smallest absolute Gasteiger partial charge is 0.162 e. The molecular weight excluding hydrogens is 226 g/mol. The molecule has 0 saturated carbocycles. The van der Waals surface area contributed by atoms with E-state index in [0.717, 1.165) is 23.4 Å². The molecule has 88 valence electrons. The van der Waals surface area contributed by atoms with Crippen LogP contribution in [0.3, 0.4) is 0 Å². The zero-order chi connectivity index (χ0) is 11.4. The summed E-state index contributed by atoms with van der Waals surface area (Å²) in [6.07, 6.45) is 1.58. The molecule has 0 radical (unpaired) electrons. The second-order valence-corrected chi connectivity index (χ2v) is 4.37. The third-order valence-corrected chi connectivity index (χ3v) is 2.83. The molecule has 3 nitrogen and oxygen atoms in total. The number of benzene rings is 1. The number of hydrogen-bond donors (Lipinski definition) is 1. The zero-order valence-electron chi connectivity index (χ0n) is 9.06. The van der Waals surface area contributed by atoms with E-state index in [0.29, 0.717) is 13.2 Å². The average molecular weight is 242 g/mol. The van der Waals surface area contributed by atoms with Gasteiger partial charge in [0.05, 0.1) is 12.7 Å². The van der Waals surface area contributed by atoms with Gasteiger partial charge in [0.2, 0.25) is 0 Å². The van der Waals surface area contributed by atoms with Gasteiger partial charge in [0.15, 0.2) is 6.29 Å². The molecule has 0 amide bonds. The van der Waals surface area contributed by atoms with Gasteiger partial charge in [-0.1, -0.05) is 23.7 Å². The Hall–Kier alpha value is -0.610. The molecule has 0 aromatic heterocycles. The lowest BCUT2D eigenvalue weighted by Gasteiger charge is -2.11. The van der Waals surface area contributed by atoms with Crippen LogP contribution in [-0.4, -0.2) is 25.5 Å². The van der Waals surface area contributed by atoms with Gasteiger partial charge in [-0.05, 0) is 30.7 Å². The molecule has 1 heterocycles. The number of nitrogens with two attached hydrogens (primary N) is 1. The van der Waals surface area contributed by atoms with Crippen molar-refractivity contribution in [1.29, 1.82) is 0 Å². The first-order valence-electron chi connectivity index (χ1n) is 5.49. The van der Waals surface area contributed by atoms with Gasteiger partial charge < -0.3 is 15.2 Å². The van der Waals surface area contributed by atoms with Crippen LogP contribution in [0.2, 0.25) is 5.02 Å². The SMILES string of the molecule is NCCC1COC(Cc2cccc(Cl)c2)O1. The molecule has 2 rings (SSSR count). The van der Waals surface area contributed by atoms with Crippen molar-refractivity contribution in [1.82, 2.24) is 0 Å². The van der Waals surface area contributed by atoms with E-state index >= 15 is 0 Å². The van der Waals surface area contributed by atoms with E-state index in [4.69, 9.17) is 26.8 Å². The lowest BCUT2D eigenvalue weighted by Crippen LogP contribution is -2.17. The van der Waals surface area contributed by atoms with Crippen molar-refractivity contribution in [3.8, 4) is 0 Å². The Morgan fingerprint density at radius 3 is 3.06 bits per heavy atom. The van der Waals surface area contributed by atoms with Crippen molar-refractivity contribution < 1.29 is 9.47 Å². The van der Waals surface area contributed by atoms with Crippen LogP contribution in [0, 0.1) is 0 Å². The molecule has 2 unspecified atom stereocenters. The molecule has 1 saturated heterocycles. The Labute approximate surface area is 100 Å². The Morgan fingerprint density at radius 1 is 1.44 bits per heavy atom. The van der Waals surface area contributed by atoms with Gasteiger partial charge in [-0.2, -0.15) is 0 Å². The molecule has 16 heavy (non-hydrogen) atoms. The van der Waals surface area contributed by atoms with Crippen LogP contribution in [-0.2, 0) is 15.9 Å². The van der Waals surface area contributed by atoms with Gasteiger partial charge in [-0.25, -0.2) is 0 Å². The number of halogens is 1. The first-order valence-corrected chi connectivity index (χ1v) is 5.87. The quantitative estimate of drug-likeness (QED) is 0.877. The highest BCUT2D eigenvalue weighted by molar-refractivity contribution is 6.30. The van der Waals surface area contributed by atoms with Gasteiger partial charge in [0.1, 0.15) is 0 Å². The third kappa shape index (κ3) is 3.19. The minimum Gasteiger partial charge on any atom is -0.350 e. The maximum atomic E-state index is 5.91. The predicted octanol–water partition coefficient (Wildman–Crippen LogP) is 1.97. The summed E-state index contributed by atoms with van der Waals surface area (Å²) in [5.74, 6) is 0. The van der Waals surface area contributed by atoms with Crippen molar-refractivity contribution in [3.05, 3.63) is 34.9 Å². The monoisotopic (exact) mass is 241 g/mol. The van der Waals surface area contributed by atoms with E-state index in [2.05, 4.69) is 0 Å². The molecule has 0 spiro atoms. The van der Waals surface area contributed by atoms with Crippen molar-refractivity contribution in [3.63, 3.8) is 0 Å². The number of rotatable bonds is 4. The normalized spacial score (nSPS) is 24.9. The molecule has 2 N–H and O–H groups in total. The van der Waals surface area contributed by atoms with Gasteiger partial charge in [0.25, 0.3) is 0 Å². The lowest BCUT2D eigenvalue weighted by molar-refractivity contribution is -0.0563. The molecular formula is C12H16ClNO2. The number of ether oxygens (including phenoxy) is 2. The highest BCUT2D eigenvalue weighted by Crippen LogP contribution is 2.19. The maximum Gasteiger partial charge on any atom is 0.162 e. The van der Waals surface area contributed by atoms with E-state index in [1.165, 1.54) is 0 Å². The fourth-order valence-electron chi connectivity index (χ4n) is 1.81. The third-order valence-electron chi connectivity index (χ3n) is 2.59. The topological polar surface area (TPSA) is 44.5 Å². The van der Waals surface area contributed by atoms with E-state index < -0.39 is 0 Å². The Kier molecular flexibility index (Phi) is 4.18. The summed E-state index contributed by atoms with van der Waals surface area (Å²) in [6, 6.07) is 7.75. The zero-order valence-corrected chi connectivity index (χ0v) is 9.82. The second kappa shape index (κ2) is 5.64. The molecule has 1 aliphatic rings. The minimum atomic E-state index is -0.157.